The average Bonchev–Trinajstić information content (AvgIpc) is 3.10. The second-order valence-corrected chi connectivity index (χ2v) is 7.06. The van der Waals surface area contributed by atoms with Crippen molar-refractivity contribution >= 4 is 46.4 Å². The molecule has 1 aliphatic heterocycles. The van der Waals surface area contributed by atoms with Gasteiger partial charge >= 0.3 is 0 Å². The number of methoxy groups -OCH3 is 2. The van der Waals surface area contributed by atoms with Crippen LogP contribution in [0.2, 0.25) is 5.02 Å². The molecule has 2 N–H and O–H groups in total. The number of carbonyl (C=O) groups is 1. The maximum atomic E-state index is 12.7. The quantitative estimate of drug-likeness (QED) is 0.777. The summed E-state index contributed by atoms with van der Waals surface area (Å²) in [5, 5.41) is 9.07. The number of aromatic nitrogens is 1. The molecule has 1 aliphatic rings. The van der Waals surface area contributed by atoms with E-state index in [4.69, 9.17) is 21.1 Å². The third kappa shape index (κ3) is 4.29. The fourth-order valence-corrected chi connectivity index (χ4v) is 3.83. The number of hydrogen-bond donors (Lipinski definition) is 2. The molecule has 0 unspecified atom stereocenters. The third-order valence-electron chi connectivity index (χ3n) is 4.39. The van der Waals surface area contributed by atoms with Crippen molar-refractivity contribution in [3.8, 4) is 17.0 Å². The van der Waals surface area contributed by atoms with Crippen LogP contribution < -0.4 is 15.4 Å². The first-order valence-electron chi connectivity index (χ1n) is 7.95. The lowest BCUT2D eigenvalue weighted by Gasteiger charge is -2.34. The Kier molecular flexibility index (Phi) is 7.25. The fourth-order valence-electron chi connectivity index (χ4n) is 2.85. The van der Waals surface area contributed by atoms with Gasteiger partial charge in [0.05, 0.1) is 17.8 Å². The molecular weight excluding hydrogens is 397 g/mol. The lowest BCUT2D eigenvalue weighted by Crippen LogP contribution is -2.51. The second-order valence-electron chi connectivity index (χ2n) is 5.79. The number of nitrogens with one attached hydrogen (secondary N) is 2. The normalized spacial score (nSPS) is 15.8. The van der Waals surface area contributed by atoms with Crippen molar-refractivity contribution in [2.75, 3.05) is 32.6 Å². The van der Waals surface area contributed by atoms with Crippen LogP contribution in [0, 0.1) is 0 Å². The molecule has 1 aromatic carbocycles. The van der Waals surface area contributed by atoms with Crippen molar-refractivity contribution in [3.63, 3.8) is 0 Å². The zero-order valence-corrected chi connectivity index (χ0v) is 16.9. The van der Waals surface area contributed by atoms with Crippen LogP contribution in [0.3, 0.4) is 0 Å². The Morgan fingerprint density at radius 3 is 2.69 bits per heavy atom. The Labute approximate surface area is 167 Å². The number of ether oxygens (including phenoxy) is 2. The Bertz CT molecular complexity index is 763. The predicted octanol–water partition coefficient (Wildman–Crippen LogP) is 3.60. The number of benzene rings is 1. The van der Waals surface area contributed by atoms with Gasteiger partial charge in [-0.15, -0.1) is 23.7 Å². The summed E-state index contributed by atoms with van der Waals surface area (Å²) in [6.45, 7) is 1.52. The van der Waals surface area contributed by atoms with Gasteiger partial charge in [0.1, 0.15) is 11.4 Å². The predicted molar refractivity (Wildman–Crippen MR) is 107 cm³/mol. The lowest BCUT2D eigenvalue weighted by atomic mass is 9.91. The van der Waals surface area contributed by atoms with Gasteiger partial charge in [-0.2, -0.15) is 0 Å². The molecule has 0 aliphatic carbocycles. The van der Waals surface area contributed by atoms with E-state index in [2.05, 4.69) is 15.6 Å². The van der Waals surface area contributed by atoms with Gasteiger partial charge < -0.3 is 14.8 Å². The largest absolute Gasteiger partial charge is 0.495 e. The van der Waals surface area contributed by atoms with Gasteiger partial charge in [0.15, 0.2) is 5.13 Å². The first kappa shape index (κ1) is 20.9. The van der Waals surface area contributed by atoms with Crippen molar-refractivity contribution in [3.05, 3.63) is 28.6 Å². The van der Waals surface area contributed by atoms with Crippen LogP contribution in [-0.2, 0) is 9.53 Å². The molecule has 2 heterocycles. The zero-order chi connectivity index (χ0) is 17.9. The van der Waals surface area contributed by atoms with Crippen molar-refractivity contribution in [1.82, 2.24) is 10.3 Å². The maximum Gasteiger partial charge on any atom is 0.258 e. The molecule has 142 valence electrons. The first-order chi connectivity index (χ1) is 12.1. The number of nitrogens with zero attached hydrogens (tertiary/aromatic N) is 1. The summed E-state index contributed by atoms with van der Waals surface area (Å²) < 4.78 is 10.7. The van der Waals surface area contributed by atoms with Crippen LogP contribution in [0.25, 0.3) is 11.3 Å². The van der Waals surface area contributed by atoms with Gasteiger partial charge in [-0.1, -0.05) is 11.6 Å². The molecule has 1 saturated heterocycles. The van der Waals surface area contributed by atoms with Crippen LogP contribution in [0.1, 0.15) is 12.8 Å². The van der Waals surface area contributed by atoms with E-state index in [1.165, 1.54) is 11.3 Å². The van der Waals surface area contributed by atoms with Gasteiger partial charge in [-0.25, -0.2) is 4.98 Å². The average molecular weight is 418 g/mol. The number of halogens is 2. The molecular formula is C17H21Cl2N3O3S. The molecule has 1 aromatic heterocycles. The van der Waals surface area contributed by atoms with Gasteiger partial charge in [-0.05, 0) is 44.1 Å². The standard InChI is InChI=1S/C17H20ClN3O3S.ClH/c1-23-14-4-3-11(9-12(14)18)13-10-25-16(20-13)21-15(22)17(24-2)5-7-19-8-6-17;/h3-4,9-10,19H,5-8H2,1-2H3,(H,20,21,22);1H. The Hall–Kier alpha value is -1.38. The van der Waals surface area contributed by atoms with Gasteiger partial charge in [0.2, 0.25) is 0 Å². The van der Waals surface area contributed by atoms with E-state index in [-0.39, 0.29) is 18.3 Å². The molecule has 0 radical (unpaired) electrons. The third-order valence-corrected chi connectivity index (χ3v) is 5.44. The molecule has 1 amide bonds. The molecule has 0 saturated carbocycles. The minimum Gasteiger partial charge on any atom is -0.495 e. The SMILES string of the molecule is COc1ccc(-c2csc(NC(=O)C3(OC)CCNCC3)n2)cc1Cl.Cl. The van der Waals surface area contributed by atoms with Crippen LogP contribution >= 0.6 is 35.3 Å². The van der Waals surface area contributed by atoms with Gasteiger partial charge in [0.25, 0.3) is 5.91 Å². The molecule has 0 bridgehead atoms. The summed E-state index contributed by atoms with van der Waals surface area (Å²) in [7, 11) is 3.15. The number of hydrogen-bond acceptors (Lipinski definition) is 6. The summed E-state index contributed by atoms with van der Waals surface area (Å²) in [5.41, 5.74) is 0.827. The monoisotopic (exact) mass is 417 g/mol. The highest BCUT2D eigenvalue weighted by Gasteiger charge is 2.40. The van der Waals surface area contributed by atoms with Crippen molar-refractivity contribution in [1.29, 1.82) is 0 Å². The van der Waals surface area contributed by atoms with Gasteiger partial charge in [0, 0.05) is 18.1 Å². The summed E-state index contributed by atoms with van der Waals surface area (Å²) in [6.07, 6.45) is 1.28. The van der Waals surface area contributed by atoms with Crippen molar-refractivity contribution in [2.45, 2.75) is 18.4 Å². The molecule has 2 aromatic rings. The Balaban J connectivity index is 0.00000243. The highest BCUT2D eigenvalue weighted by molar-refractivity contribution is 7.14. The fraction of sp³-hybridized carbons (Fsp3) is 0.412. The van der Waals surface area contributed by atoms with E-state index in [1.54, 1.807) is 26.4 Å². The van der Waals surface area contributed by atoms with E-state index >= 15 is 0 Å². The molecule has 6 nitrogen and oxygen atoms in total. The van der Waals surface area contributed by atoms with Crippen molar-refractivity contribution in [2.24, 2.45) is 0 Å². The number of rotatable bonds is 5. The topological polar surface area (TPSA) is 72.5 Å². The van der Waals surface area contributed by atoms with Crippen molar-refractivity contribution < 1.29 is 14.3 Å². The van der Waals surface area contributed by atoms with Crippen LogP contribution in [0.4, 0.5) is 5.13 Å². The van der Waals surface area contributed by atoms with Crippen LogP contribution in [-0.4, -0.2) is 43.8 Å². The number of amides is 1. The molecule has 3 rings (SSSR count). The summed E-state index contributed by atoms with van der Waals surface area (Å²) >= 11 is 7.54. The lowest BCUT2D eigenvalue weighted by molar-refractivity contribution is -0.140. The maximum absolute atomic E-state index is 12.7. The molecule has 0 spiro atoms. The Morgan fingerprint density at radius 1 is 1.35 bits per heavy atom. The van der Waals surface area contributed by atoms with E-state index < -0.39 is 5.60 Å². The van der Waals surface area contributed by atoms with E-state index in [1.807, 2.05) is 11.4 Å². The minimum absolute atomic E-state index is 0. The van der Waals surface area contributed by atoms with Gasteiger partial charge in [-0.3, -0.25) is 10.1 Å². The van der Waals surface area contributed by atoms with E-state index in [0.29, 0.717) is 28.7 Å². The number of anilines is 1. The highest BCUT2D eigenvalue weighted by atomic mass is 35.5. The summed E-state index contributed by atoms with van der Waals surface area (Å²) in [4.78, 5) is 17.2. The first-order valence-corrected chi connectivity index (χ1v) is 9.20. The van der Waals surface area contributed by atoms with E-state index in [0.717, 1.165) is 24.3 Å². The summed E-state index contributed by atoms with van der Waals surface area (Å²) in [6, 6.07) is 5.48. The minimum atomic E-state index is -0.791. The smallest absolute Gasteiger partial charge is 0.258 e. The molecule has 0 atom stereocenters. The second kappa shape index (κ2) is 9.01. The zero-order valence-electron chi connectivity index (χ0n) is 14.5. The van der Waals surface area contributed by atoms with Crippen LogP contribution in [0.5, 0.6) is 5.75 Å². The molecule has 26 heavy (non-hydrogen) atoms. The summed E-state index contributed by atoms with van der Waals surface area (Å²) in [5.74, 6) is 0.465. The number of carbonyl (C=O) groups excluding carboxylic acids is 1. The molecule has 1 fully saturated rings. The Morgan fingerprint density at radius 2 is 2.08 bits per heavy atom. The number of piperidine rings is 1. The number of thiazole rings is 1. The van der Waals surface area contributed by atoms with Crippen LogP contribution in [0.15, 0.2) is 23.6 Å². The molecule has 9 heteroatoms. The highest BCUT2D eigenvalue weighted by Crippen LogP contribution is 2.32. The van der Waals surface area contributed by atoms with E-state index in [9.17, 15) is 4.79 Å².